The van der Waals surface area contributed by atoms with E-state index in [4.69, 9.17) is 0 Å². The lowest BCUT2D eigenvalue weighted by atomic mass is 10.1. The molecule has 25 heavy (non-hydrogen) atoms. The molecule has 1 aliphatic rings. The van der Waals surface area contributed by atoms with Crippen molar-refractivity contribution < 1.29 is 17.6 Å². The van der Waals surface area contributed by atoms with Crippen molar-refractivity contribution in [2.24, 2.45) is 0 Å². The maximum Gasteiger partial charge on any atom is 0.254 e. The molecule has 2 aromatic rings. The van der Waals surface area contributed by atoms with Gasteiger partial charge in [0.25, 0.3) is 5.91 Å². The van der Waals surface area contributed by atoms with Crippen molar-refractivity contribution in [3.8, 4) is 0 Å². The Morgan fingerprint density at radius 2 is 1.84 bits per heavy atom. The Kier molecular flexibility index (Phi) is 4.90. The molecular weight excluding hydrogens is 341 g/mol. The zero-order valence-electron chi connectivity index (χ0n) is 14.0. The number of benzene rings is 2. The average molecular weight is 361 g/mol. The summed E-state index contributed by atoms with van der Waals surface area (Å²) in [6, 6.07) is 12.9. The minimum absolute atomic E-state index is 0.0551. The molecule has 0 saturated carbocycles. The van der Waals surface area contributed by atoms with E-state index in [9.17, 15) is 17.6 Å². The Hall–Kier alpha value is -2.21. The van der Waals surface area contributed by atoms with Crippen LogP contribution in [0.4, 0.5) is 4.39 Å². The van der Waals surface area contributed by atoms with Gasteiger partial charge in [-0.2, -0.15) is 0 Å². The summed E-state index contributed by atoms with van der Waals surface area (Å²) in [5.74, 6) is -0.679. The second-order valence-corrected chi connectivity index (χ2v) is 8.68. The van der Waals surface area contributed by atoms with Gasteiger partial charge in [-0.3, -0.25) is 4.79 Å². The molecule has 0 spiro atoms. The van der Waals surface area contributed by atoms with Gasteiger partial charge in [-0.25, -0.2) is 12.8 Å². The molecular formula is C19H20FNO3S. The van der Waals surface area contributed by atoms with E-state index in [1.54, 1.807) is 30.3 Å². The smallest absolute Gasteiger partial charge is 0.254 e. The van der Waals surface area contributed by atoms with Crippen LogP contribution in [0.15, 0.2) is 48.5 Å². The van der Waals surface area contributed by atoms with Crippen molar-refractivity contribution >= 4 is 15.7 Å². The number of halogens is 1. The number of carbonyl (C=O) groups excluding carboxylic acids is 1. The minimum Gasteiger partial charge on any atom is -0.330 e. The summed E-state index contributed by atoms with van der Waals surface area (Å²) < 4.78 is 37.8. The summed E-state index contributed by atoms with van der Waals surface area (Å²) in [5, 5.41) is 0. The third kappa shape index (κ3) is 4.07. The Balaban J connectivity index is 1.92. The normalized spacial score (nSPS) is 18.9. The van der Waals surface area contributed by atoms with E-state index in [2.05, 4.69) is 0 Å². The van der Waals surface area contributed by atoms with E-state index >= 15 is 0 Å². The van der Waals surface area contributed by atoms with E-state index in [1.807, 2.05) is 19.1 Å². The molecule has 1 saturated heterocycles. The molecule has 2 aromatic carbocycles. The first-order valence-electron chi connectivity index (χ1n) is 8.17. The van der Waals surface area contributed by atoms with Crippen molar-refractivity contribution in [3.63, 3.8) is 0 Å². The number of rotatable bonds is 4. The van der Waals surface area contributed by atoms with Gasteiger partial charge in [0.05, 0.1) is 11.5 Å². The van der Waals surface area contributed by atoms with Gasteiger partial charge in [0.1, 0.15) is 5.82 Å². The van der Waals surface area contributed by atoms with Crippen LogP contribution in [-0.2, 0) is 16.4 Å². The topological polar surface area (TPSA) is 54.5 Å². The fourth-order valence-corrected chi connectivity index (χ4v) is 4.79. The highest BCUT2D eigenvalue weighted by Gasteiger charge is 2.35. The number of sulfone groups is 1. The summed E-state index contributed by atoms with van der Waals surface area (Å²) >= 11 is 0. The summed E-state index contributed by atoms with van der Waals surface area (Å²) in [6.07, 6.45) is 0.383. The Morgan fingerprint density at radius 1 is 1.16 bits per heavy atom. The number of hydrogen-bond donors (Lipinski definition) is 0. The van der Waals surface area contributed by atoms with Crippen LogP contribution in [0.5, 0.6) is 0 Å². The van der Waals surface area contributed by atoms with Gasteiger partial charge in [-0.1, -0.05) is 35.9 Å². The zero-order valence-corrected chi connectivity index (χ0v) is 14.8. The van der Waals surface area contributed by atoms with Crippen molar-refractivity contribution in [2.45, 2.75) is 25.9 Å². The maximum atomic E-state index is 14.1. The molecule has 0 aliphatic carbocycles. The number of amides is 1. The zero-order chi connectivity index (χ0) is 18.0. The molecule has 132 valence electrons. The van der Waals surface area contributed by atoms with Crippen LogP contribution in [0.3, 0.4) is 0 Å². The highest BCUT2D eigenvalue weighted by atomic mass is 32.2. The van der Waals surface area contributed by atoms with Crippen LogP contribution < -0.4 is 0 Å². The van der Waals surface area contributed by atoms with Gasteiger partial charge in [0.2, 0.25) is 0 Å². The lowest BCUT2D eigenvalue weighted by Gasteiger charge is -2.28. The van der Waals surface area contributed by atoms with E-state index in [-0.39, 0.29) is 24.0 Å². The maximum absolute atomic E-state index is 14.1. The lowest BCUT2D eigenvalue weighted by Crippen LogP contribution is -2.40. The number of nitrogens with zero attached hydrogens (tertiary/aromatic N) is 1. The molecule has 3 rings (SSSR count). The van der Waals surface area contributed by atoms with Crippen LogP contribution in [0.1, 0.15) is 27.9 Å². The van der Waals surface area contributed by atoms with E-state index in [0.717, 1.165) is 5.56 Å². The van der Waals surface area contributed by atoms with Crippen molar-refractivity contribution in [3.05, 3.63) is 71.0 Å². The van der Waals surface area contributed by atoms with Crippen molar-refractivity contribution in [2.75, 3.05) is 11.5 Å². The summed E-state index contributed by atoms with van der Waals surface area (Å²) in [4.78, 5) is 14.5. The Bertz CT molecular complexity index is 878. The van der Waals surface area contributed by atoms with Gasteiger partial charge in [0.15, 0.2) is 9.84 Å². The average Bonchev–Trinajstić information content (AvgIpc) is 2.94. The number of aryl methyl sites for hydroxylation is 1. The monoisotopic (exact) mass is 361 g/mol. The standard InChI is InChI=1S/C19H20FNO3S/c1-14-6-8-15(9-7-14)19(22)21(17-10-11-25(23,24)13-17)12-16-4-2-3-5-18(16)20/h2-9,17H,10-13H2,1H3/t17-/m1/s1. The first kappa shape index (κ1) is 17.6. The molecule has 0 N–H and O–H groups in total. The predicted molar refractivity (Wildman–Crippen MR) is 94.5 cm³/mol. The van der Waals surface area contributed by atoms with Crippen LogP contribution in [-0.4, -0.2) is 36.8 Å². The summed E-state index contributed by atoms with van der Waals surface area (Å²) in [5.41, 5.74) is 1.89. The molecule has 6 heteroatoms. The van der Waals surface area contributed by atoms with Gasteiger partial charge >= 0.3 is 0 Å². The fourth-order valence-electron chi connectivity index (χ4n) is 3.06. The van der Waals surface area contributed by atoms with E-state index in [0.29, 0.717) is 17.5 Å². The molecule has 0 unspecified atom stereocenters. The molecule has 4 nitrogen and oxygen atoms in total. The molecule has 1 heterocycles. The lowest BCUT2D eigenvalue weighted by molar-refractivity contribution is 0.0679. The SMILES string of the molecule is Cc1ccc(C(=O)N(Cc2ccccc2F)[C@@H]2CCS(=O)(=O)C2)cc1. The molecule has 1 aliphatic heterocycles. The van der Waals surface area contributed by atoms with Crippen LogP contribution in [0, 0.1) is 12.7 Å². The first-order valence-corrected chi connectivity index (χ1v) is 9.99. The summed E-state index contributed by atoms with van der Waals surface area (Å²) in [6.45, 7) is 1.98. The predicted octanol–water partition coefficient (Wildman–Crippen LogP) is 2.96. The Labute approximate surface area is 147 Å². The highest BCUT2D eigenvalue weighted by Crippen LogP contribution is 2.23. The third-order valence-electron chi connectivity index (χ3n) is 4.51. The van der Waals surface area contributed by atoms with E-state index < -0.39 is 21.7 Å². The van der Waals surface area contributed by atoms with Gasteiger partial charge in [0, 0.05) is 23.7 Å². The van der Waals surface area contributed by atoms with Gasteiger partial charge in [-0.05, 0) is 31.5 Å². The molecule has 0 radical (unpaired) electrons. The van der Waals surface area contributed by atoms with Crippen molar-refractivity contribution in [1.82, 2.24) is 4.90 Å². The van der Waals surface area contributed by atoms with Gasteiger partial charge in [-0.15, -0.1) is 0 Å². The number of carbonyl (C=O) groups is 1. The van der Waals surface area contributed by atoms with Crippen molar-refractivity contribution in [1.29, 1.82) is 0 Å². The second kappa shape index (κ2) is 6.96. The van der Waals surface area contributed by atoms with Crippen LogP contribution in [0.2, 0.25) is 0 Å². The van der Waals surface area contributed by atoms with Crippen LogP contribution in [0.25, 0.3) is 0 Å². The number of hydrogen-bond acceptors (Lipinski definition) is 3. The molecule has 1 fully saturated rings. The summed E-state index contributed by atoms with van der Waals surface area (Å²) in [7, 11) is -3.15. The molecule has 1 atom stereocenters. The minimum atomic E-state index is -3.15. The van der Waals surface area contributed by atoms with E-state index in [1.165, 1.54) is 11.0 Å². The highest BCUT2D eigenvalue weighted by molar-refractivity contribution is 7.91. The third-order valence-corrected chi connectivity index (χ3v) is 6.26. The molecule has 0 bridgehead atoms. The van der Waals surface area contributed by atoms with Crippen LogP contribution >= 0.6 is 0 Å². The fraction of sp³-hybridized carbons (Fsp3) is 0.316. The first-order chi connectivity index (χ1) is 11.9. The Morgan fingerprint density at radius 3 is 2.44 bits per heavy atom. The second-order valence-electron chi connectivity index (χ2n) is 6.45. The quantitative estimate of drug-likeness (QED) is 0.841. The van der Waals surface area contributed by atoms with Gasteiger partial charge < -0.3 is 4.90 Å². The molecule has 1 amide bonds. The molecule has 0 aromatic heterocycles. The largest absolute Gasteiger partial charge is 0.330 e.